The van der Waals surface area contributed by atoms with Crippen LogP contribution in [0.3, 0.4) is 0 Å². The summed E-state index contributed by atoms with van der Waals surface area (Å²) in [6, 6.07) is 10.9. The van der Waals surface area contributed by atoms with Gasteiger partial charge < -0.3 is 9.64 Å². The number of nitrogens with zero attached hydrogens (tertiary/aromatic N) is 2. The average Bonchev–Trinajstić information content (AvgIpc) is 2.59. The van der Waals surface area contributed by atoms with E-state index in [0.717, 1.165) is 38.9 Å². The van der Waals surface area contributed by atoms with Gasteiger partial charge in [0.25, 0.3) is 0 Å². The highest BCUT2D eigenvalue weighted by atomic mass is 16.5. The first-order valence-electron chi connectivity index (χ1n) is 9.21. The zero-order valence-corrected chi connectivity index (χ0v) is 15.4. The molecule has 0 aliphatic heterocycles. The maximum atomic E-state index is 12.4. The normalized spacial score (nSPS) is 21.2. The van der Waals surface area contributed by atoms with Crippen LogP contribution in [0.5, 0.6) is 0 Å². The van der Waals surface area contributed by atoms with E-state index in [0.29, 0.717) is 6.61 Å². The van der Waals surface area contributed by atoms with Crippen molar-refractivity contribution >= 4 is 5.97 Å². The Labute approximate surface area is 146 Å². The second kappa shape index (κ2) is 9.80. The zero-order chi connectivity index (χ0) is 17.4. The number of carbonyl (C=O) groups is 1. The van der Waals surface area contributed by atoms with Crippen molar-refractivity contribution in [3.05, 3.63) is 35.9 Å². The molecule has 0 N–H and O–H groups in total. The van der Waals surface area contributed by atoms with Gasteiger partial charge in [-0.1, -0.05) is 43.2 Å². The van der Waals surface area contributed by atoms with Crippen LogP contribution in [0.4, 0.5) is 0 Å². The van der Waals surface area contributed by atoms with Gasteiger partial charge in [-0.3, -0.25) is 9.69 Å². The van der Waals surface area contributed by atoms with Crippen LogP contribution in [0.25, 0.3) is 0 Å². The minimum Gasteiger partial charge on any atom is -0.466 e. The SMILES string of the molecule is CCOC(=O)[C@@H]1CCCC[C@H]1N(CCN(C)C)Cc1ccccc1. The third kappa shape index (κ3) is 5.60. The molecular formula is C20H32N2O2. The molecule has 134 valence electrons. The van der Waals surface area contributed by atoms with Gasteiger partial charge in [0, 0.05) is 25.7 Å². The molecule has 4 nitrogen and oxygen atoms in total. The van der Waals surface area contributed by atoms with Crippen LogP contribution in [0.2, 0.25) is 0 Å². The molecule has 4 heteroatoms. The number of hydrogen-bond acceptors (Lipinski definition) is 4. The molecule has 1 saturated carbocycles. The second-order valence-corrected chi connectivity index (χ2v) is 6.97. The van der Waals surface area contributed by atoms with Crippen LogP contribution in [-0.2, 0) is 16.1 Å². The monoisotopic (exact) mass is 332 g/mol. The summed E-state index contributed by atoms with van der Waals surface area (Å²) in [7, 11) is 4.20. The Bertz CT molecular complexity index is 490. The summed E-state index contributed by atoms with van der Waals surface area (Å²) in [6.07, 6.45) is 4.38. The van der Waals surface area contributed by atoms with Gasteiger partial charge in [0.1, 0.15) is 0 Å². The Morgan fingerprint density at radius 2 is 1.83 bits per heavy atom. The van der Waals surface area contributed by atoms with Crippen LogP contribution < -0.4 is 0 Å². The van der Waals surface area contributed by atoms with Gasteiger partial charge in [0.2, 0.25) is 0 Å². The lowest BCUT2D eigenvalue weighted by Crippen LogP contribution is -2.47. The Kier molecular flexibility index (Phi) is 7.73. The lowest BCUT2D eigenvalue weighted by atomic mass is 9.83. The fourth-order valence-corrected chi connectivity index (χ4v) is 3.58. The Balaban J connectivity index is 2.13. The van der Waals surface area contributed by atoms with Crippen molar-refractivity contribution in [3.63, 3.8) is 0 Å². The Morgan fingerprint density at radius 3 is 2.50 bits per heavy atom. The van der Waals surface area contributed by atoms with E-state index in [2.05, 4.69) is 54.2 Å². The molecule has 0 aromatic heterocycles. The quantitative estimate of drug-likeness (QED) is 0.685. The third-order valence-corrected chi connectivity index (χ3v) is 4.85. The summed E-state index contributed by atoms with van der Waals surface area (Å²) in [6.45, 7) is 5.23. The molecule has 0 bridgehead atoms. The van der Waals surface area contributed by atoms with E-state index >= 15 is 0 Å². The van der Waals surface area contributed by atoms with Crippen LogP contribution in [0.15, 0.2) is 30.3 Å². The van der Waals surface area contributed by atoms with Crippen LogP contribution in [0, 0.1) is 5.92 Å². The highest BCUT2D eigenvalue weighted by Gasteiger charge is 2.35. The summed E-state index contributed by atoms with van der Waals surface area (Å²) in [5, 5.41) is 0. The topological polar surface area (TPSA) is 32.8 Å². The van der Waals surface area contributed by atoms with Crippen molar-refractivity contribution in [2.45, 2.75) is 45.2 Å². The molecule has 2 rings (SSSR count). The first-order chi connectivity index (χ1) is 11.6. The van der Waals surface area contributed by atoms with Gasteiger partial charge in [-0.2, -0.15) is 0 Å². The largest absolute Gasteiger partial charge is 0.466 e. The van der Waals surface area contributed by atoms with Gasteiger partial charge in [-0.05, 0) is 39.4 Å². The van der Waals surface area contributed by atoms with E-state index < -0.39 is 0 Å². The number of carbonyl (C=O) groups excluding carboxylic acids is 1. The van der Waals surface area contributed by atoms with Crippen LogP contribution in [-0.4, -0.2) is 55.6 Å². The van der Waals surface area contributed by atoms with Crippen molar-refractivity contribution in [2.75, 3.05) is 33.8 Å². The molecule has 0 spiro atoms. The molecule has 1 aliphatic rings. The fraction of sp³-hybridized carbons (Fsp3) is 0.650. The number of ether oxygens (including phenoxy) is 1. The number of benzene rings is 1. The van der Waals surface area contributed by atoms with E-state index in [1.165, 1.54) is 12.0 Å². The molecule has 0 unspecified atom stereocenters. The molecule has 0 heterocycles. The Hall–Kier alpha value is -1.39. The van der Waals surface area contributed by atoms with Crippen molar-refractivity contribution in [1.29, 1.82) is 0 Å². The van der Waals surface area contributed by atoms with Gasteiger partial charge in [0.15, 0.2) is 0 Å². The molecule has 24 heavy (non-hydrogen) atoms. The van der Waals surface area contributed by atoms with Gasteiger partial charge in [-0.15, -0.1) is 0 Å². The number of hydrogen-bond donors (Lipinski definition) is 0. The number of esters is 1. The van der Waals surface area contributed by atoms with Gasteiger partial charge >= 0.3 is 5.97 Å². The van der Waals surface area contributed by atoms with E-state index in [-0.39, 0.29) is 17.9 Å². The van der Waals surface area contributed by atoms with Gasteiger partial charge in [0.05, 0.1) is 12.5 Å². The number of likely N-dealkylation sites (N-methyl/N-ethyl adjacent to an activating group) is 1. The number of rotatable bonds is 8. The van der Waals surface area contributed by atoms with Crippen LogP contribution >= 0.6 is 0 Å². The summed E-state index contributed by atoms with van der Waals surface area (Å²) in [4.78, 5) is 17.1. The standard InChI is InChI=1S/C20H32N2O2/c1-4-24-20(23)18-12-8-9-13-19(18)22(15-14-21(2)3)16-17-10-6-5-7-11-17/h5-7,10-11,18-19H,4,8-9,12-16H2,1-3H3/t18-,19-/m1/s1. The molecule has 0 saturated heterocycles. The predicted octanol–water partition coefficient (Wildman–Crippen LogP) is 3.17. The van der Waals surface area contributed by atoms with E-state index in [1.807, 2.05) is 6.92 Å². The Morgan fingerprint density at radius 1 is 1.12 bits per heavy atom. The first kappa shape index (κ1) is 18.9. The predicted molar refractivity (Wildman–Crippen MR) is 97.8 cm³/mol. The van der Waals surface area contributed by atoms with Crippen molar-refractivity contribution in [2.24, 2.45) is 5.92 Å². The maximum Gasteiger partial charge on any atom is 0.310 e. The fourth-order valence-electron chi connectivity index (χ4n) is 3.58. The average molecular weight is 332 g/mol. The maximum absolute atomic E-state index is 12.4. The highest BCUT2D eigenvalue weighted by molar-refractivity contribution is 5.73. The van der Waals surface area contributed by atoms with Crippen molar-refractivity contribution < 1.29 is 9.53 Å². The lowest BCUT2D eigenvalue weighted by Gasteiger charge is -2.39. The van der Waals surface area contributed by atoms with E-state index in [1.54, 1.807) is 0 Å². The van der Waals surface area contributed by atoms with Gasteiger partial charge in [-0.25, -0.2) is 0 Å². The smallest absolute Gasteiger partial charge is 0.310 e. The minimum atomic E-state index is -0.00915. The summed E-state index contributed by atoms with van der Waals surface area (Å²) in [5.41, 5.74) is 1.31. The van der Waals surface area contributed by atoms with E-state index in [4.69, 9.17) is 4.74 Å². The second-order valence-electron chi connectivity index (χ2n) is 6.97. The minimum absolute atomic E-state index is 0.00915. The zero-order valence-electron chi connectivity index (χ0n) is 15.4. The molecular weight excluding hydrogens is 300 g/mol. The van der Waals surface area contributed by atoms with E-state index in [9.17, 15) is 4.79 Å². The van der Waals surface area contributed by atoms with Crippen molar-refractivity contribution in [1.82, 2.24) is 9.80 Å². The van der Waals surface area contributed by atoms with Crippen molar-refractivity contribution in [3.8, 4) is 0 Å². The summed E-state index contributed by atoms with van der Waals surface area (Å²) in [5.74, 6) is 0.00897. The molecule has 1 aliphatic carbocycles. The first-order valence-corrected chi connectivity index (χ1v) is 9.21. The lowest BCUT2D eigenvalue weighted by molar-refractivity contribution is -0.152. The molecule has 1 fully saturated rings. The molecule has 0 amide bonds. The molecule has 1 aromatic carbocycles. The third-order valence-electron chi connectivity index (χ3n) is 4.85. The summed E-state index contributed by atoms with van der Waals surface area (Å²) >= 11 is 0. The molecule has 1 aromatic rings. The molecule has 2 atom stereocenters. The molecule has 0 radical (unpaired) electrons. The summed E-state index contributed by atoms with van der Waals surface area (Å²) < 4.78 is 5.36. The highest BCUT2D eigenvalue weighted by Crippen LogP contribution is 2.30. The van der Waals surface area contributed by atoms with Crippen LogP contribution in [0.1, 0.15) is 38.2 Å².